The SMILES string of the molecule is CCOC(=O)c1c(C)oc2nc(CN3CCC[C@@H]3c3cccs3)[nH]c(=O)c12. The van der Waals surface area contributed by atoms with Crippen LogP contribution in [0.3, 0.4) is 0 Å². The number of aromatic amines is 1. The molecule has 1 fully saturated rings. The second-order valence-corrected chi connectivity index (χ2v) is 7.57. The molecule has 0 aliphatic carbocycles. The lowest BCUT2D eigenvalue weighted by molar-refractivity contribution is 0.0526. The number of carbonyl (C=O) groups excluding carboxylic acids is 1. The van der Waals surface area contributed by atoms with Crippen molar-refractivity contribution in [3.63, 3.8) is 0 Å². The predicted molar refractivity (Wildman–Crippen MR) is 102 cm³/mol. The number of rotatable bonds is 5. The fourth-order valence-corrected chi connectivity index (χ4v) is 4.59. The third kappa shape index (κ3) is 3.30. The third-order valence-corrected chi connectivity index (χ3v) is 5.83. The zero-order chi connectivity index (χ0) is 19.0. The molecule has 0 unspecified atom stereocenters. The minimum atomic E-state index is -0.564. The second kappa shape index (κ2) is 7.28. The Kier molecular flexibility index (Phi) is 4.84. The smallest absolute Gasteiger partial charge is 0.342 e. The fourth-order valence-electron chi connectivity index (χ4n) is 3.70. The number of nitrogens with zero attached hydrogens (tertiary/aromatic N) is 2. The first-order valence-electron chi connectivity index (χ1n) is 9.05. The third-order valence-electron chi connectivity index (χ3n) is 4.85. The molecule has 4 heterocycles. The molecule has 1 saturated heterocycles. The average molecular weight is 387 g/mol. The summed E-state index contributed by atoms with van der Waals surface area (Å²) in [6.45, 7) is 5.07. The summed E-state index contributed by atoms with van der Waals surface area (Å²) in [6.07, 6.45) is 2.21. The lowest BCUT2D eigenvalue weighted by Crippen LogP contribution is -2.25. The molecule has 142 valence electrons. The van der Waals surface area contributed by atoms with Gasteiger partial charge in [-0.25, -0.2) is 4.79 Å². The summed E-state index contributed by atoms with van der Waals surface area (Å²) in [5.41, 5.74) is -0.0345. The van der Waals surface area contributed by atoms with Crippen molar-refractivity contribution < 1.29 is 13.9 Å². The van der Waals surface area contributed by atoms with E-state index in [-0.39, 0.29) is 28.8 Å². The lowest BCUT2D eigenvalue weighted by atomic mass is 10.2. The van der Waals surface area contributed by atoms with Crippen LogP contribution in [-0.4, -0.2) is 34.0 Å². The molecule has 3 aromatic heterocycles. The molecule has 0 saturated carbocycles. The summed E-state index contributed by atoms with van der Waals surface area (Å²) in [5, 5.41) is 2.24. The zero-order valence-corrected chi connectivity index (χ0v) is 16.1. The standard InChI is InChI=1S/C19H21N3O4S/c1-3-25-19(24)15-11(2)26-18-16(15)17(23)20-14(21-18)10-22-8-4-6-12(22)13-7-5-9-27-13/h5,7,9,12H,3-4,6,8,10H2,1-2H3,(H,20,21,23)/t12-/m1/s1. The summed E-state index contributed by atoms with van der Waals surface area (Å²) in [6, 6.07) is 4.55. The maximum Gasteiger partial charge on any atom is 0.342 e. The highest BCUT2D eigenvalue weighted by molar-refractivity contribution is 7.10. The van der Waals surface area contributed by atoms with E-state index in [9.17, 15) is 9.59 Å². The van der Waals surface area contributed by atoms with Gasteiger partial charge in [-0.2, -0.15) is 4.98 Å². The minimum absolute atomic E-state index is 0.157. The van der Waals surface area contributed by atoms with Gasteiger partial charge in [-0.15, -0.1) is 11.3 Å². The molecule has 27 heavy (non-hydrogen) atoms. The van der Waals surface area contributed by atoms with Crippen LogP contribution in [0.15, 0.2) is 26.7 Å². The first-order chi connectivity index (χ1) is 13.1. The van der Waals surface area contributed by atoms with Crippen LogP contribution in [0.4, 0.5) is 0 Å². The van der Waals surface area contributed by atoms with E-state index < -0.39 is 5.97 Å². The van der Waals surface area contributed by atoms with Gasteiger partial charge < -0.3 is 14.1 Å². The van der Waals surface area contributed by atoms with Gasteiger partial charge in [0.15, 0.2) is 0 Å². The van der Waals surface area contributed by atoms with Crippen molar-refractivity contribution in [3.8, 4) is 0 Å². The Morgan fingerprint density at radius 3 is 3.11 bits per heavy atom. The number of fused-ring (bicyclic) bond motifs is 1. The molecule has 1 atom stereocenters. The van der Waals surface area contributed by atoms with E-state index in [1.807, 2.05) is 0 Å². The number of carbonyl (C=O) groups is 1. The Hall–Kier alpha value is -2.45. The first kappa shape index (κ1) is 17.9. The van der Waals surface area contributed by atoms with Gasteiger partial charge in [0.1, 0.15) is 22.5 Å². The summed E-state index contributed by atoms with van der Waals surface area (Å²) >= 11 is 1.75. The summed E-state index contributed by atoms with van der Waals surface area (Å²) in [4.78, 5) is 35.7. The van der Waals surface area contributed by atoms with E-state index in [1.54, 1.807) is 25.2 Å². The number of likely N-dealkylation sites (tertiary alicyclic amines) is 1. The number of nitrogens with one attached hydrogen (secondary N) is 1. The van der Waals surface area contributed by atoms with Crippen LogP contribution < -0.4 is 5.56 Å². The van der Waals surface area contributed by atoms with Crippen molar-refractivity contribution in [2.24, 2.45) is 0 Å². The van der Waals surface area contributed by atoms with Crippen LogP contribution in [0.2, 0.25) is 0 Å². The minimum Gasteiger partial charge on any atom is -0.462 e. The van der Waals surface area contributed by atoms with E-state index in [0.717, 1.165) is 19.4 Å². The Balaban J connectivity index is 1.66. The summed E-state index contributed by atoms with van der Waals surface area (Å²) < 4.78 is 10.6. The summed E-state index contributed by atoms with van der Waals surface area (Å²) in [5.74, 6) is 0.322. The highest BCUT2D eigenvalue weighted by atomic mass is 32.1. The molecule has 8 heteroatoms. The molecule has 0 bridgehead atoms. The number of hydrogen-bond donors (Lipinski definition) is 1. The van der Waals surface area contributed by atoms with Crippen LogP contribution >= 0.6 is 11.3 Å². The van der Waals surface area contributed by atoms with Crippen molar-refractivity contribution in [1.82, 2.24) is 14.9 Å². The molecular formula is C19H21N3O4S. The second-order valence-electron chi connectivity index (χ2n) is 6.59. The van der Waals surface area contributed by atoms with Gasteiger partial charge in [0.2, 0.25) is 5.71 Å². The number of thiophene rings is 1. The van der Waals surface area contributed by atoms with Crippen LogP contribution in [0.5, 0.6) is 0 Å². The van der Waals surface area contributed by atoms with Crippen LogP contribution in [0.1, 0.15) is 52.6 Å². The number of H-pyrrole nitrogens is 1. The lowest BCUT2D eigenvalue weighted by Gasteiger charge is -2.22. The molecule has 3 aromatic rings. The zero-order valence-electron chi connectivity index (χ0n) is 15.3. The molecule has 1 N–H and O–H groups in total. The maximum absolute atomic E-state index is 12.6. The summed E-state index contributed by atoms with van der Waals surface area (Å²) in [7, 11) is 0. The van der Waals surface area contributed by atoms with Gasteiger partial charge in [-0.05, 0) is 44.7 Å². The van der Waals surface area contributed by atoms with E-state index in [2.05, 4.69) is 32.4 Å². The Labute approximate surface area is 160 Å². The van der Waals surface area contributed by atoms with Gasteiger partial charge in [0.05, 0.1) is 13.2 Å². The van der Waals surface area contributed by atoms with Crippen molar-refractivity contribution in [2.75, 3.05) is 13.2 Å². The molecule has 4 rings (SSSR count). The van der Waals surface area contributed by atoms with Crippen LogP contribution in [-0.2, 0) is 11.3 Å². The number of ether oxygens (including phenoxy) is 1. The van der Waals surface area contributed by atoms with Gasteiger partial charge in [0.25, 0.3) is 5.56 Å². The number of furan rings is 1. The van der Waals surface area contributed by atoms with Crippen molar-refractivity contribution in [3.05, 3.63) is 49.9 Å². The largest absolute Gasteiger partial charge is 0.462 e. The van der Waals surface area contributed by atoms with Gasteiger partial charge in [-0.1, -0.05) is 6.07 Å². The van der Waals surface area contributed by atoms with Gasteiger partial charge in [-0.3, -0.25) is 9.69 Å². The number of aryl methyl sites for hydroxylation is 1. The highest BCUT2D eigenvalue weighted by Crippen LogP contribution is 2.35. The van der Waals surface area contributed by atoms with Crippen molar-refractivity contribution >= 4 is 28.4 Å². The van der Waals surface area contributed by atoms with Crippen molar-refractivity contribution in [2.45, 2.75) is 39.3 Å². The Morgan fingerprint density at radius 2 is 2.37 bits per heavy atom. The molecule has 0 radical (unpaired) electrons. The monoisotopic (exact) mass is 387 g/mol. The normalized spacial score (nSPS) is 17.6. The number of hydrogen-bond acceptors (Lipinski definition) is 7. The molecule has 0 spiro atoms. The highest BCUT2D eigenvalue weighted by Gasteiger charge is 2.28. The van der Waals surface area contributed by atoms with Gasteiger partial charge in [0, 0.05) is 10.9 Å². The molecule has 1 aliphatic rings. The van der Waals surface area contributed by atoms with Crippen LogP contribution in [0.25, 0.3) is 11.1 Å². The molecular weight excluding hydrogens is 366 g/mol. The molecule has 0 aromatic carbocycles. The Morgan fingerprint density at radius 1 is 1.52 bits per heavy atom. The maximum atomic E-state index is 12.6. The number of aromatic nitrogens is 2. The fraction of sp³-hybridized carbons (Fsp3) is 0.421. The van der Waals surface area contributed by atoms with Gasteiger partial charge >= 0.3 is 5.97 Å². The average Bonchev–Trinajstić information content (AvgIpc) is 3.34. The van der Waals surface area contributed by atoms with E-state index in [4.69, 9.17) is 9.15 Å². The first-order valence-corrected chi connectivity index (χ1v) is 9.93. The quantitative estimate of drug-likeness (QED) is 0.675. The molecule has 7 nitrogen and oxygen atoms in total. The number of esters is 1. The van der Waals surface area contributed by atoms with Crippen LogP contribution in [0, 0.1) is 6.92 Å². The molecule has 1 aliphatic heterocycles. The predicted octanol–water partition coefficient (Wildman–Crippen LogP) is 3.40. The Bertz CT molecular complexity index is 1020. The van der Waals surface area contributed by atoms with Crippen molar-refractivity contribution in [1.29, 1.82) is 0 Å². The van der Waals surface area contributed by atoms with E-state index in [1.165, 1.54) is 4.88 Å². The van der Waals surface area contributed by atoms with E-state index in [0.29, 0.717) is 24.2 Å². The topological polar surface area (TPSA) is 88.4 Å². The van der Waals surface area contributed by atoms with E-state index >= 15 is 0 Å². The molecule has 0 amide bonds.